The largest absolute Gasteiger partial charge is 0.495 e. The number of aromatic nitrogens is 1. The van der Waals surface area contributed by atoms with Crippen molar-refractivity contribution in [2.24, 2.45) is 0 Å². The quantitative estimate of drug-likeness (QED) is 0.880. The van der Waals surface area contributed by atoms with Gasteiger partial charge in [-0.15, -0.1) is 0 Å². The Kier molecular flexibility index (Phi) is 5.02. The molecule has 2 aromatic rings. The number of ether oxygens (including phenoxy) is 1. The van der Waals surface area contributed by atoms with E-state index in [4.69, 9.17) is 9.15 Å². The second-order valence-corrected chi connectivity index (χ2v) is 5.23. The van der Waals surface area contributed by atoms with Crippen molar-refractivity contribution in [3.63, 3.8) is 0 Å². The Morgan fingerprint density at radius 2 is 2.05 bits per heavy atom. The third-order valence-electron chi connectivity index (χ3n) is 3.80. The minimum atomic E-state index is -0.0152. The summed E-state index contributed by atoms with van der Waals surface area (Å²) >= 11 is 0. The number of pyridine rings is 1. The number of nitrogens with one attached hydrogen (secondary N) is 1. The first-order valence-electron chi connectivity index (χ1n) is 7.38. The number of furan rings is 1. The van der Waals surface area contributed by atoms with E-state index >= 15 is 0 Å². The van der Waals surface area contributed by atoms with Crippen LogP contribution >= 0.6 is 0 Å². The summed E-state index contributed by atoms with van der Waals surface area (Å²) in [6, 6.07) is 3.82. The molecule has 2 aromatic heterocycles. The highest BCUT2D eigenvalue weighted by Gasteiger charge is 2.25. The third-order valence-corrected chi connectivity index (χ3v) is 3.80. The fourth-order valence-corrected chi connectivity index (χ4v) is 2.65. The zero-order valence-corrected chi connectivity index (χ0v) is 13.5. The van der Waals surface area contributed by atoms with Gasteiger partial charge in [-0.2, -0.15) is 0 Å². The minimum absolute atomic E-state index is 0.0152. The number of hydrogen-bond donors (Lipinski definition) is 1. The maximum Gasteiger partial charge on any atom is 0.142 e. The standard InChI is InChI=1S/C17H24N2O2/c1-6-9-18-17(15-11(2)12(3)21-13(15)4)16-14(20-5)8-7-10-19-16/h7-8,10,17-18H,6,9H2,1-5H3. The maximum atomic E-state index is 5.79. The van der Waals surface area contributed by atoms with E-state index in [-0.39, 0.29) is 6.04 Å². The van der Waals surface area contributed by atoms with E-state index in [1.54, 1.807) is 13.3 Å². The van der Waals surface area contributed by atoms with Gasteiger partial charge in [-0.05, 0) is 51.4 Å². The second-order valence-electron chi connectivity index (χ2n) is 5.23. The van der Waals surface area contributed by atoms with Gasteiger partial charge in [0.05, 0.1) is 13.2 Å². The molecule has 4 nitrogen and oxygen atoms in total. The van der Waals surface area contributed by atoms with Crippen LogP contribution in [0.1, 0.15) is 47.7 Å². The molecule has 1 N–H and O–H groups in total. The van der Waals surface area contributed by atoms with Crippen molar-refractivity contribution in [1.82, 2.24) is 10.3 Å². The lowest BCUT2D eigenvalue weighted by Crippen LogP contribution is -2.25. The van der Waals surface area contributed by atoms with Gasteiger partial charge >= 0.3 is 0 Å². The smallest absolute Gasteiger partial charge is 0.142 e. The molecule has 114 valence electrons. The lowest BCUT2D eigenvalue weighted by atomic mass is 9.98. The Bertz CT molecular complexity index is 605. The van der Waals surface area contributed by atoms with Crippen molar-refractivity contribution in [2.75, 3.05) is 13.7 Å². The van der Waals surface area contributed by atoms with Crippen LogP contribution < -0.4 is 10.1 Å². The molecule has 0 saturated heterocycles. The summed E-state index contributed by atoms with van der Waals surface area (Å²) in [5.41, 5.74) is 3.24. The molecule has 0 aliphatic rings. The average Bonchev–Trinajstić information content (AvgIpc) is 2.74. The van der Waals surface area contributed by atoms with Gasteiger partial charge in [0.2, 0.25) is 0 Å². The molecule has 4 heteroatoms. The highest BCUT2D eigenvalue weighted by molar-refractivity contribution is 5.43. The number of aryl methyl sites for hydroxylation is 2. The van der Waals surface area contributed by atoms with E-state index in [1.807, 2.05) is 26.0 Å². The molecule has 2 heterocycles. The third kappa shape index (κ3) is 3.10. The number of methoxy groups -OCH3 is 1. The van der Waals surface area contributed by atoms with Crippen LogP contribution in [0.15, 0.2) is 22.7 Å². The molecule has 1 unspecified atom stereocenters. The van der Waals surface area contributed by atoms with Crippen LogP contribution in [0.3, 0.4) is 0 Å². The molecule has 2 rings (SSSR count). The fraction of sp³-hybridized carbons (Fsp3) is 0.471. The Hall–Kier alpha value is -1.81. The van der Waals surface area contributed by atoms with Crippen molar-refractivity contribution in [3.05, 3.63) is 46.7 Å². The molecule has 0 spiro atoms. The van der Waals surface area contributed by atoms with Gasteiger partial charge in [0.15, 0.2) is 0 Å². The van der Waals surface area contributed by atoms with E-state index in [1.165, 1.54) is 5.56 Å². The van der Waals surface area contributed by atoms with E-state index in [2.05, 4.69) is 24.1 Å². The van der Waals surface area contributed by atoms with Crippen LogP contribution in [-0.4, -0.2) is 18.6 Å². The van der Waals surface area contributed by atoms with Crippen molar-refractivity contribution < 1.29 is 9.15 Å². The van der Waals surface area contributed by atoms with Gasteiger partial charge < -0.3 is 14.5 Å². The van der Waals surface area contributed by atoms with Gasteiger partial charge in [-0.25, -0.2) is 0 Å². The molecule has 0 amide bonds. The van der Waals surface area contributed by atoms with Crippen LogP contribution in [0.25, 0.3) is 0 Å². The highest BCUT2D eigenvalue weighted by atomic mass is 16.5. The minimum Gasteiger partial charge on any atom is -0.495 e. The molecule has 0 fully saturated rings. The molecular formula is C17H24N2O2. The van der Waals surface area contributed by atoms with Crippen molar-refractivity contribution in [1.29, 1.82) is 0 Å². The van der Waals surface area contributed by atoms with E-state index in [0.29, 0.717) is 0 Å². The van der Waals surface area contributed by atoms with Gasteiger partial charge in [0, 0.05) is 11.8 Å². The number of nitrogens with zero attached hydrogens (tertiary/aromatic N) is 1. The highest BCUT2D eigenvalue weighted by Crippen LogP contribution is 2.34. The SMILES string of the molecule is CCCNC(c1ncccc1OC)c1c(C)oc(C)c1C. The lowest BCUT2D eigenvalue weighted by molar-refractivity contribution is 0.399. The normalized spacial score (nSPS) is 12.4. The number of hydrogen-bond acceptors (Lipinski definition) is 4. The van der Waals surface area contributed by atoms with Crippen LogP contribution in [0.2, 0.25) is 0 Å². The molecule has 0 saturated carbocycles. The molecule has 21 heavy (non-hydrogen) atoms. The first kappa shape index (κ1) is 15.6. The first-order chi connectivity index (χ1) is 10.1. The summed E-state index contributed by atoms with van der Waals surface area (Å²) in [5, 5.41) is 3.57. The molecule has 0 radical (unpaired) electrons. The van der Waals surface area contributed by atoms with E-state index in [9.17, 15) is 0 Å². The predicted octanol–water partition coefficient (Wildman–Crippen LogP) is 3.70. The van der Waals surface area contributed by atoms with Crippen molar-refractivity contribution in [3.8, 4) is 5.75 Å². The summed E-state index contributed by atoms with van der Waals surface area (Å²) in [6.45, 7) is 9.16. The predicted molar refractivity (Wildman–Crippen MR) is 83.8 cm³/mol. The topological polar surface area (TPSA) is 47.3 Å². The van der Waals surface area contributed by atoms with Crippen LogP contribution in [0.4, 0.5) is 0 Å². The van der Waals surface area contributed by atoms with Gasteiger partial charge in [0.25, 0.3) is 0 Å². The zero-order valence-electron chi connectivity index (χ0n) is 13.5. The molecule has 0 aliphatic carbocycles. The first-order valence-corrected chi connectivity index (χ1v) is 7.38. The van der Waals surface area contributed by atoms with Crippen LogP contribution in [0.5, 0.6) is 5.75 Å². The van der Waals surface area contributed by atoms with E-state index in [0.717, 1.165) is 41.5 Å². The van der Waals surface area contributed by atoms with Gasteiger partial charge in [-0.1, -0.05) is 6.92 Å². The second kappa shape index (κ2) is 6.76. The molecule has 0 aliphatic heterocycles. The number of rotatable bonds is 6. The zero-order chi connectivity index (χ0) is 15.4. The Morgan fingerprint density at radius 1 is 1.29 bits per heavy atom. The van der Waals surface area contributed by atoms with Crippen molar-refractivity contribution in [2.45, 2.75) is 40.2 Å². The summed E-state index contributed by atoms with van der Waals surface area (Å²) in [6.07, 6.45) is 2.86. The van der Waals surface area contributed by atoms with Gasteiger partial charge in [0.1, 0.15) is 23.0 Å². The fourth-order valence-electron chi connectivity index (χ4n) is 2.65. The van der Waals surface area contributed by atoms with E-state index < -0.39 is 0 Å². The Labute approximate surface area is 126 Å². The Balaban J connectivity index is 2.52. The van der Waals surface area contributed by atoms with Crippen LogP contribution in [0, 0.1) is 20.8 Å². The van der Waals surface area contributed by atoms with Crippen LogP contribution in [-0.2, 0) is 0 Å². The summed E-state index contributed by atoms with van der Waals surface area (Å²) < 4.78 is 11.3. The maximum absolute atomic E-state index is 5.79. The molecular weight excluding hydrogens is 264 g/mol. The monoisotopic (exact) mass is 288 g/mol. The van der Waals surface area contributed by atoms with Crippen molar-refractivity contribution >= 4 is 0 Å². The summed E-state index contributed by atoms with van der Waals surface area (Å²) in [4.78, 5) is 4.54. The summed E-state index contributed by atoms with van der Waals surface area (Å²) in [5.74, 6) is 2.69. The Morgan fingerprint density at radius 3 is 2.62 bits per heavy atom. The average molecular weight is 288 g/mol. The summed E-state index contributed by atoms with van der Waals surface area (Å²) in [7, 11) is 1.68. The molecule has 0 bridgehead atoms. The molecule has 1 atom stereocenters. The molecule has 0 aromatic carbocycles. The van der Waals surface area contributed by atoms with Gasteiger partial charge in [-0.3, -0.25) is 4.98 Å². The lowest BCUT2D eigenvalue weighted by Gasteiger charge is -2.20.